The van der Waals surface area contributed by atoms with Gasteiger partial charge in [0.25, 0.3) is 5.91 Å². The van der Waals surface area contributed by atoms with Crippen molar-refractivity contribution in [3.8, 4) is 0 Å². The number of carbonyl (C=O) groups is 1. The molecule has 0 aliphatic carbocycles. The van der Waals surface area contributed by atoms with Gasteiger partial charge in [0, 0.05) is 23.4 Å². The van der Waals surface area contributed by atoms with Crippen molar-refractivity contribution in [2.45, 2.75) is 31.2 Å². The summed E-state index contributed by atoms with van der Waals surface area (Å²) in [7, 11) is -3.78. The van der Waals surface area contributed by atoms with Gasteiger partial charge >= 0.3 is 0 Å². The maximum Gasteiger partial charge on any atom is 0.261 e. The zero-order chi connectivity index (χ0) is 14.9. The van der Waals surface area contributed by atoms with Crippen LogP contribution in [0.4, 0.5) is 0 Å². The Morgan fingerprint density at radius 1 is 1.60 bits per heavy atom. The Bertz CT molecular complexity index is 603. The third-order valence-electron chi connectivity index (χ3n) is 3.43. The van der Waals surface area contributed by atoms with Gasteiger partial charge in [0.05, 0.1) is 16.4 Å². The molecule has 0 aromatic carbocycles. The first-order valence-corrected chi connectivity index (χ1v) is 8.67. The Hall–Kier alpha value is -0.960. The first-order chi connectivity index (χ1) is 9.29. The molecule has 2 atom stereocenters. The van der Waals surface area contributed by atoms with E-state index in [9.17, 15) is 13.2 Å². The average molecular weight is 318 g/mol. The van der Waals surface area contributed by atoms with E-state index in [1.165, 1.54) is 6.07 Å². The van der Waals surface area contributed by atoms with Crippen LogP contribution < -0.4 is 10.5 Å². The molecule has 2 unspecified atom stereocenters. The molecule has 2 heterocycles. The van der Waals surface area contributed by atoms with E-state index in [2.05, 4.69) is 5.32 Å². The second-order valence-electron chi connectivity index (χ2n) is 4.96. The molecule has 1 aliphatic rings. The molecule has 20 heavy (non-hydrogen) atoms. The third-order valence-corrected chi connectivity index (χ3v) is 5.65. The molecule has 1 aliphatic heterocycles. The molecule has 1 amide bonds. The van der Waals surface area contributed by atoms with Crippen LogP contribution >= 0.6 is 11.3 Å². The van der Waals surface area contributed by atoms with E-state index in [1.54, 1.807) is 6.92 Å². The summed E-state index contributed by atoms with van der Waals surface area (Å²) in [5, 5.41) is 7.99. The minimum absolute atomic E-state index is 0.00894. The predicted octanol–water partition coefficient (Wildman–Crippen LogP) is 0.859. The van der Waals surface area contributed by atoms with Crippen molar-refractivity contribution in [2.24, 2.45) is 11.1 Å². The number of hydrogen-bond acceptors (Lipinski definition) is 5. The molecule has 3 N–H and O–H groups in total. The maximum absolute atomic E-state index is 12.1. The monoisotopic (exact) mass is 318 g/mol. The summed E-state index contributed by atoms with van der Waals surface area (Å²) in [5.41, 5.74) is 0. The van der Waals surface area contributed by atoms with E-state index in [1.807, 2.05) is 6.92 Å². The number of primary sulfonamides is 1. The zero-order valence-electron chi connectivity index (χ0n) is 11.4. The maximum atomic E-state index is 12.1. The van der Waals surface area contributed by atoms with Gasteiger partial charge in [-0.3, -0.25) is 4.79 Å². The van der Waals surface area contributed by atoms with Crippen LogP contribution in [0, 0.1) is 12.8 Å². The van der Waals surface area contributed by atoms with Crippen LogP contribution in [0.1, 0.15) is 27.9 Å². The van der Waals surface area contributed by atoms with Gasteiger partial charge in [-0.25, -0.2) is 13.6 Å². The van der Waals surface area contributed by atoms with Gasteiger partial charge in [0.1, 0.15) is 0 Å². The number of sulfonamides is 1. The summed E-state index contributed by atoms with van der Waals surface area (Å²) >= 11 is 1.13. The Balaban J connectivity index is 2.10. The number of amides is 1. The van der Waals surface area contributed by atoms with Crippen LogP contribution in [0.3, 0.4) is 0 Å². The second kappa shape index (κ2) is 5.80. The van der Waals surface area contributed by atoms with Crippen molar-refractivity contribution in [1.29, 1.82) is 0 Å². The first-order valence-electron chi connectivity index (χ1n) is 6.31. The Kier molecular flexibility index (Phi) is 4.48. The number of nitrogens with one attached hydrogen (secondary N) is 1. The third kappa shape index (κ3) is 3.38. The highest BCUT2D eigenvalue weighted by molar-refractivity contribution is 7.89. The van der Waals surface area contributed by atoms with Gasteiger partial charge in [-0.2, -0.15) is 0 Å². The molecule has 1 aromatic heterocycles. The summed E-state index contributed by atoms with van der Waals surface area (Å²) in [5.74, 6) is 0.0325. The van der Waals surface area contributed by atoms with Crippen molar-refractivity contribution in [3.05, 3.63) is 15.8 Å². The fourth-order valence-corrected chi connectivity index (χ4v) is 4.25. The number of ether oxygens (including phenoxy) is 1. The molecule has 6 nitrogen and oxygen atoms in total. The molecule has 1 saturated heterocycles. The van der Waals surface area contributed by atoms with E-state index in [-0.39, 0.29) is 16.8 Å². The lowest BCUT2D eigenvalue weighted by molar-refractivity contribution is 0.0926. The summed E-state index contributed by atoms with van der Waals surface area (Å²) in [6.45, 7) is 4.93. The normalized spacial score (nSPS) is 20.9. The molecule has 0 saturated carbocycles. The number of rotatable bonds is 4. The topological polar surface area (TPSA) is 98.5 Å². The van der Waals surface area contributed by atoms with Crippen LogP contribution in [-0.4, -0.2) is 33.6 Å². The molecule has 8 heteroatoms. The minimum Gasteiger partial charge on any atom is -0.381 e. The fraction of sp³-hybridized carbons (Fsp3) is 0.583. The molecule has 0 spiro atoms. The van der Waals surface area contributed by atoms with Gasteiger partial charge in [0.2, 0.25) is 10.0 Å². The standard InChI is InChI=1S/C12H18N2O4S2/c1-7(9-3-4-18-6-9)14-12(15)10-5-11(8(2)19-10)20(13,16)17/h5,7,9H,3-4,6H2,1-2H3,(H,14,15)(H2,13,16,17). The molecular formula is C12H18N2O4S2. The Morgan fingerprint density at radius 2 is 2.30 bits per heavy atom. The number of nitrogens with two attached hydrogens (primary N) is 1. The van der Waals surface area contributed by atoms with E-state index >= 15 is 0 Å². The minimum atomic E-state index is -3.78. The highest BCUT2D eigenvalue weighted by atomic mass is 32.2. The quantitative estimate of drug-likeness (QED) is 0.860. The first kappa shape index (κ1) is 15.4. The Labute approximate surface area is 122 Å². The van der Waals surface area contributed by atoms with Gasteiger partial charge in [-0.1, -0.05) is 0 Å². The molecular weight excluding hydrogens is 300 g/mol. The predicted molar refractivity (Wildman–Crippen MR) is 76.3 cm³/mol. The number of thiophene rings is 1. The van der Waals surface area contributed by atoms with Crippen LogP contribution in [0.25, 0.3) is 0 Å². The molecule has 2 rings (SSSR count). The summed E-state index contributed by atoms with van der Waals surface area (Å²) < 4.78 is 28.0. The number of aryl methyl sites for hydroxylation is 1. The summed E-state index contributed by atoms with van der Waals surface area (Å²) in [4.78, 5) is 13.0. The molecule has 1 fully saturated rings. The van der Waals surface area contributed by atoms with E-state index in [0.717, 1.165) is 24.4 Å². The van der Waals surface area contributed by atoms with E-state index in [0.29, 0.717) is 22.3 Å². The number of carbonyl (C=O) groups excluding carboxylic acids is 1. The van der Waals surface area contributed by atoms with Gasteiger partial charge in [-0.05, 0) is 26.3 Å². The highest BCUT2D eigenvalue weighted by Gasteiger charge is 2.25. The smallest absolute Gasteiger partial charge is 0.261 e. The van der Waals surface area contributed by atoms with Crippen molar-refractivity contribution in [3.63, 3.8) is 0 Å². The number of hydrogen-bond donors (Lipinski definition) is 2. The van der Waals surface area contributed by atoms with Crippen molar-refractivity contribution in [2.75, 3.05) is 13.2 Å². The van der Waals surface area contributed by atoms with Gasteiger partial charge < -0.3 is 10.1 Å². The van der Waals surface area contributed by atoms with Crippen LogP contribution in [0.15, 0.2) is 11.0 Å². The van der Waals surface area contributed by atoms with Gasteiger partial charge in [-0.15, -0.1) is 11.3 Å². The van der Waals surface area contributed by atoms with E-state index in [4.69, 9.17) is 9.88 Å². The fourth-order valence-electron chi connectivity index (χ4n) is 2.20. The van der Waals surface area contributed by atoms with Crippen LogP contribution in [0.5, 0.6) is 0 Å². The van der Waals surface area contributed by atoms with E-state index < -0.39 is 10.0 Å². The summed E-state index contributed by atoms with van der Waals surface area (Å²) in [6.07, 6.45) is 0.924. The average Bonchev–Trinajstić information content (AvgIpc) is 2.95. The van der Waals surface area contributed by atoms with Crippen LogP contribution in [-0.2, 0) is 14.8 Å². The SMILES string of the molecule is Cc1sc(C(=O)NC(C)C2CCOC2)cc1S(N)(=O)=O. The van der Waals surface area contributed by atoms with Crippen molar-refractivity contribution >= 4 is 27.3 Å². The Morgan fingerprint density at radius 3 is 2.80 bits per heavy atom. The lowest BCUT2D eigenvalue weighted by Crippen LogP contribution is -2.38. The van der Waals surface area contributed by atoms with Crippen LogP contribution in [0.2, 0.25) is 0 Å². The van der Waals surface area contributed by atoms with Gasteiger partial charge in [0.15, 0.2) is 0 Å². The highest BCUT2D eigenvalue weighted by Crippen LogP contribution is 2.25. The largest absolute Gasteiger partial charge is 0.381 e. The lowest BCUT2D eigenvalue weighted by Gasteiger charge is -2.18. The zero-order valence-corrected chi connectivity index (χ0v) is 13.0. The molecule has 0 bridgehead atoms. The van der Waals surface area contributed by atoms with Crippen molar-refractivity contribution in [1.82, 2.24) is 5.32 Å². The second-order valence-corrected chi connectivity index (χ2v) is 7.75. The molecule has 0 radical (unpaired) electrons. The summed E-state index contributed by atoms with van der Waals surface area (Å²) in [6, 6.07) is 1.33. The molecule has 112 valence electrons. The molecule has 1 aromatic rings. The van der Waals surface area contributed by atoms with Crippen molar-refractivity contribution < 1.29 is 17.9 Å². The lowest BCUT2D eigenvalue weighted by atomic mass is 10.0.